The van der Waals surface area contributed by atoms with Gasteiger partial charge in [-0.2, -0.15) is 0 Å². The summed E-state index contributed by atoms with van der Waals surface area (Å²) in [5.74, 6) is 0. The van der Waals surface area contributed by atoms with E-state index in [0.717, 1.165) is 18.1 Å². The van der Waals surface area contributed by atoms with E-state index in [1.807, 2.05) is 0 Å². The Morgan fingerprint density at radius 2 is 0.816 bits per heavy atom. The van der Waals surface area contributed by atoms with E-state index in [2.05, 4.69) is 70.9 Å². The lowest BCUT2D eigenvalue weighted by atomic mass is 10.2. The highest BCUT2D eigenvalue weighted by atomic mass is 32.1. The second kappa shape index (κ2) is 20.7. The first kappa shape index (κ1) is 33.0. The van der Waals surface area contributed by atoms with Crippen LogP contribution in [-0.4, -0.2) is 45.1 Å². The SMILES string of the molecule is CCCCCCN(CCCCCC)Cn1c(=S)n(CN(CCCCCC)CCCCCC)c2ccccc21. The normalized spacial score (nSPS) is 11.9. The topological polar surface area (TPSA) is 16.3 Å². The summed E-state index contributed by atoms with van der Waals surface area (Å²) in [6, 6.07) is 8.91. The Balaban J connectivity index is 2.22. The number of nitrogens with zero attached hydrogens (tertiary/aromatic N) is 4. The minimum atomic E-state index is 0.914. The molecular formula is C33H60N4S. The molecule has 38 heavy (non-hydrogen) atoms. The summed E-state index contributed by atoms with van der Waals surface area (Å²) in [4.78, 5) is 5.34. The first-order valence-electron chi connectivity index (χ1n) is 16.3. The Morgan fingerprint density at radius 3 is 1.11 bits per heavy atom. The molecule has 0 aliphatic rings. The number of benzene rings is 1. The molecule has 0 radical (unpaired) electrons. The fourth-order valence-electron chi connectivity index (χ4n) is 5.50. The first-order chi connectivity index (χ1) is 18.7. The molecule has 2 rings (SSSR count). The van der Waals surface area contributed by atoms with Gasteiger partial charge in [-0.3, -0.25) is 9.80 Å². The predicted molar refractivity (Wildman–Crippen MR) is 170 cm³/mol. The fourth-order valence-corrected chi connectivity index (χ4v) is 5.81. The predicted octanol–water partition coefficient (Wildman–Crippen LogP) is 10.0. The molecule has 0 fully saturated rings. The third-order valence-corrected chi connectivity index (χ3v) is 8.36. The summed E-state index contributed by atoms with van der Waals surface area (Å²) in [5, 5.41) is 0. The molecule has 0 bridgehead atoms. The smallest absolute Gasteiger partial charge is 0.183 e. The standard InChI is InChI=1S/C33H60N4S/c1-5-9-13-19-25-34(26-20-14-10-6-2)29-36-31-23-17-18-24-32(31)37(33(36)38)30-35(27-21-15-11-7-3)28-22-16-12-8-4/h17-18,23-24H,5-16,19-22,25-30H2,1-4H3. The molecule has 2 aromatic rings. The van der Waals surface area contributed by atoms with E-state index in [0.29, 0.717) is 0 Å². The van der Waals surface area contributed by atoms with Crippen molar-refractivity contribution in [2.45, 2.75) is 144 Å². The van der Waals surface area contributed by atoms with Crippen molar-refractivity contribution in [2.24, 2.45) is 0 Å². The third-order valence-electron chi connectivity index (χ3n) is 7.92. The van der Waals surface area contributed by atoms with Gasteiger partial charge in [-0.1, -0.05) is 117 Å². The van der Waals surface area contributed by atoms with Crippen LogP contribution in [0.15, 0.2) is 24.3 Å². The van der Waals surface area contributed by atoms with Gasteiger partial charge in [-0.05, 0) is 76.2 Å². The van der Waals surface area contributed by atoms with Crippen LogP contribution in [0.25, 0.3) is 11.0 Å². The molecule has 0 atom stereocenters. The average Bonchev–Trinajstić information content (AvgIpc) is 3.19. The van der Waals surface area contributed by atoms with Crippen molar-refractivity contribution in [3.05, 3.63) is 29.0 Å². The zero-order valence-electron chi connectivity index (χ0n) is 25.6. The number of imidazole rings is 1. The maximum absolute atomic E-state index is 6.22. The maximum Gasteiger partial charge on any atom is 0.183 e. The summed E-state index contributed by atoms with van der Waals surface area (Å²) in [5.41, 5.74) is 2.59. The van der Waals surface area contributed by atoms with Gasteiger partial charge in [0.2, 0.25) is 0 Å². The molecule has 0 saturated heterocycles. The van der Waals surface area contributed by atoms with E-state index in [4.69, 9.17) is 12.2 Å². The van der Waals surface area contributed by atoms with Crippen molar-refractivity contribution in [1.82, 2.24) is 18.9 Å². The molecule has 218 valence electrons. The molecule has 4 nitrogen and oxygen atoms in total. The number of unbranched alkanes of at least 4 members (excludes halogenated alkanes) is 12. The molecule has 0 N–H and O–H groups in total. The van der Waals surface area contributed by atoms with Crippen LogP contribution < -0.4 is 0 Å². The van der Waals surface area contributed by atoms with Gasteiger partial charge in [0.15, 0.2) is 4.77 Å². The molecule has 0 unspecified atom stereocenters. The quantitative estimate of drug-likeness (QED) is 0.0966. The molecule has 1 aromatic carbocycles. The number of rotatable bonds is 24. The van der Waals surface area contributed by atoms with Gasteiger partial charge in [0, 0.05) is 0 Å². The summed E-state index contributed by atoms with van der Waals surface area (Å²) < 4.78 is 5.85. The summed E-state index contributed by atoms with van der Waals surface area (Å²) in [6.45, 7) is 15.7. The fraction of sp³-hybridized carbons (Fsp3) is 0.788. The highest BCUT2D eigenvalue weighted by Crippen LogP contribution is 2.21. The molecular weight excluding hydrogens is 484 g/mol. The van der Waals surface area contributed by atoms with Crippen molar-refractivity contribution in [3.63, 3.8) is 0 Å². The Kier molecular flexibility index (Phi) is 18.0. The zero-order valence-corrected chi connectivity index (χ0v) is 26.4. The highest BCUT2D eigenvalue weighted by molar-refractivity contribution is 7.71. The zero-order chi connectivity index (χ0) is 27.4. The van der Waals surface area contributed by atoms with Crippen LogP contribution in [0, 0.1) is 4.77 Å². The molecule has 0 aliphatic heterocycles. The van der Waals surface area contributed by atoms with Crippen molar-refractivity contribution in [1.29, 1.82) is 0 Å². The van der Waals surface area contributed by atoms with Crippen LogP contribution in [0.5, 0.6) is 0 Å². The minimum absolute atomic E-state index is 0.914. The summed E-state index contributed by atoms with van der Waals surface area (Å²) >= 11 is 6.22. The second-order valence-corrected chi connectivity index (χ2v) is 11.8. The molecule has 5 heteroatoms. The van der Waals surface area contributed by atoms with Gasteiger partial charge in [-0.25, -0.2) is 0 Å². The van der Waals surface area contributed by atoms with Gasteiger partial charge in [0.05, 0.1) is 24.4 Å². The monoisotopic (exact) mass is 544 g/mol. The van der Waals surface area contributed by atoms with Crippen LogP contribution in [0.1, 0.15) is 130 Å². The molecule has 0 saturated carbocycles. The number of aromatic nitrogens is 2. The Labute approximate surface area is 240 Å². The first-order valence-corrected chi connectivity index (χ1v) is 16.7. The maximum atomic E-state index is 6.22. The lowest BCUT2D eigenvalue weighted by molar-refractivity contribution is 0.198. The Morgan fingerprint density at radius 1 is 0.500 bits per heavy atom. The second-order valence-electron chi connectivity index (χ2n) is 11.4. The molecule has 0 aliphatic carbocycles. The van der Waals surface area contributed by atoms with E-state index in [1.54, 1.807) is 0 Å². The number of para-hydroxylation sites is 2. The Bertz CT molecular complexity index is 808. The van der Waals surface area contributed by atoms with Crippen LogP contribution >= 0.6 is 12.2 Å². The van der Waals surface area contributed by atoms with Crippen molar-refractivity contribution in [2.75, 3.05) is 26.2 Å². The van der Waals surface area contributed by atoms with E-state index >= 15 is 0 Å². The number of hydrogen-bond acceptors (Lipinski definition) is 3. The van der Waals surface area contributed by atoms with Gasteiger partial charge in [0.1, 0.15) is 0 Å². The van der Waals surface area contributed by atoms with Gasteiger partial charge in [-0.15, -0.1) is 0 Å². The van der Waals surface area contributed by atoms with Crippen LogP contribution in [-0.2, 0) is 13.3 Å². The largest absolute Gasteiger partial charge is 0.303 e. The molecule has 0 amide bonds. The minimum Gasteiger partial charge on any atom is -0.303 e. The molecule has 1 heterocycles. The number of hydrogen-bond donors (Lipinski definition) is 0. The van der Waals surface area contributed by atoms with Crippen LogP contribution in [0.2, 0.25) is 0 Å². The highest BCUT2D eigenvalue weighted by Gasteiger charge is 2.16. The Hall–Kier alpha value is -1.17. The van der Waals surface area contributed by atoms with Crippen LogP contribution in [0.3, 0.4) is 0 Å². The van der Waals surface area contributed by atoms with E-state index in [-0.39, 0.29) is 0 Å². The van der Waals surface area contributed by atoms with E-state index in [9.17, 15) is 0 Å². The molecule has 0 spiro atoms. The number of fused-ring (bicyclic) bond motifs is 1. The lowest BCUT2D eigenvalue weighted by Crippen LogP contribution is -2.30. The molecule has 1 aromatic heterocycles. The average molecular weight is 545 g/mol. The third kappa shape index (κ3) is 11.9. The van der Waals surface area contributed by atoms with Crippen LogP contribution in [0.4, 0.5) is 0 Å². The van der Waals surface area contributed by atoms with Gasteiger partial charge < -0.3 is 9.13 Å². The lowest BCUT2D eigenvalue weighted by Gasteiger charge is -2.24. The summed E-state index contributed by atoms with van der Waals surface area (Å²) in [6.07, 6.45) is 21.0. The van der Waals surface area contributed by atoms with Gasteiger partial charge >= 0.3 is 0 Å². The van der Waals surface area contributed by atoms with E-state index in [1.165, 1.54) is 140 Å². The van der Waals surface area contributed by atoms with Gasteiger partial charge in [0.25, 0.3) is 0 Å². The van der Waals surface area contributed by atoms with Crippen molar-refractivity contribution in [3.8, 4) is 0 Å². The van der Waals surface area contributed by atoms with E-state index < -0.39 is 0 Å². The summed E-state index contributed by atoms with van der Waals surface area (Å²) in [7, 11) is 0. The van der Waals surface area contributed by atoms with Crippen molar-refractivity contribution >= 4 is 23.3 Å². The van der Waals surface area contributed by atoms with Crippen molar-refractivity contribution < 1.29 is 0 Å².